The fourth-order valence-electron chi connectivity index (χ4n) is 1.38. The maximum atomic E-state index is 4.22. The van der Waals surface area contributed by atoms with E-state index in [1.807, 2.05) is 21.5 Å². The highest BCUT2D eigenvalue weighted by Gasteiger charge is 2.04. The maximum absolute atomic E-state index is 4.22. The van der Waals surface area contributed by atoms with Gasteiger partial charge in [0.25, 0.3) is 0 Å². The molecule has 0 aromatic carbocycles. The van der Waals surface area contributed by atoms with Gasteiger partial charge in [0.15, 0.2) is 5.82 Å². The highest BCUT2D eigenvalue weighted by atomic mass is 32.1. The summed E-state index contributed by atoms with van der Waals surface area (Å²) in [7, 11) is 0. The number of rotatable bonds is 3. The number of anilines is 1. The summed E-state index contributed by atoms with van der Waals surface area (Å²) in [6.45, 7) is 0.642. The number of nitrogens with zero attached hydrogens (tertiary/aromatic N) is 5. The lowest BCUT2D eigenvalue weighted by molar-refractivity contribution is 1.03. The molecule has 0 aliphatic carbocycles. The lowest BCUT2D eigenvalue weighted by Gasteiger charge is -2.03. The molecule has 0 fully saturated rings. The first-order valence-electron chi connectivity index (χ1n) is 4.69. The van der Waals surface area contributed by atoms with Crippen molar-refractivity contribution in [2.45, 2.75) is 6.54 Å². The minimum atomic E-state index is 0.642. The van der Waals surface area contributed by atoms with Gasteiger partial charge < -0.3 is 5.32 Å². The predicted octanol–water partition coefficient (Wildman–Crippen LogP) is 1.19. The Morgan fingerprint density at radius 1 is 1.38 bits per heavy atom. The normalized spacial score (nSPS) is 10.8. The fourth-order valence-corrected chi connectivity index (χ4v) is 1.94. The number of thiazole rings is 1. The summed E-state index contributed by atoms with van der Waals surface area (Å²) in [6, 6.07) is 0. The molecule has 0 aliphatic heterocycles. The van der Waals surface area contributed by atoms with Crippen molar-refractivity contribution in [3.63, 3.8) is 0 Å². The van der Waals surface area contributed by atoms with Crippen LogP contribution in [0.2, 0.25) is 0 Å². The number of aromatic nitrogens is 5. The second-order valence-corrected chi connectivity index (χ2v) is 3.89. The van der Waals surface area contributed by atoms with E-state index in [1.54, 1.807) is 23.9 Å². The van der Waals surface area contributed by atoms with Crippen LogP contribution in [0.4, 0.5) is 5.82 Å². The van der Waals surface area contributed by atoms with Crippen molar-refractivity contribution in [3.05, 3.63) is 35.3 Å². The summed E-state index contributed by atoms with van der Waals surface area (Å²) in [6.07, 6.45) is 5.16. The van der Waals surface area contributed by atoms with Crippen LogP contribution in [0.5, 0.6) is 0 Å². The molecule has 16 heavy (non-hydrogen) atoms. The lowest BCUT2D eigenvalue weighted by atomic mass is 10.4. The molecule has 7 heteroatoms. The van der Waals surface area contributed by atoms with Gasteiger partial charge in [-0.2, -0.15) is 0 Å². The van der Waals surface area contributed by atoms with Crippen molar-refractivity contribution in [1.82, 2.24) is 24.6 Å². The molecule has 0 aliphatic rings. The summed E-state index contributed by atoms with van der Waals surface area (Å²) < 4.78 is 1.82. The molecule has 1 N–H and O–H groups in total. The van der Waals surface area contributed by atoms with Gasteiger partial charge in [0.05, 0.1) is 17.7 Å². The van der Waals surface area contributed by atoms with Gasteiger partial charge in [-0.15, -0.1) is 21.5 Å². The summed E-state index contributed by atoms with van der Waals surface area (Å²) in [5.74, 6) is 0.716. The van der Waals surface area contributed by atoms with Crippen molar-refractivity contribution < 1.29 is 0 Å². The van der Waals surface area contributed by atoms with Gasteiger partial charge >= 0.3 is 0 Å². The van der Waals surface area contributed by atoms with E-state index < -0.39 is 0 Å². The minimum Gasteiger partial charge on any atom is -0.361 e. The smallest absolute Gasteiger partial charge is 0.203 e. The number of hydrogen-bond donors (Lipinski definition) is 1. The van der Waals surface area contributed by atoms with E-state index in [2.05, 4.69) is 25.5 Å². The Labute approximate surface area is 95.0 Å². The van der Waals surface area contributed by atoms with E-state index in [-0.39, 0.29) is 0 Å². The largest absolute Gasteiger partial charge is 0.361 e. The molecule has 3 heterocycles. The molecule has 0 radical (unpaired) electrons. The van der Waals surface area contributed by atoms with Crippen LogP contribution in [-0.2, 0) is 6.54 Å². The minimum absolute atomic E-state index is 0.642. The van der Waals surface area contributed by atoms with Crippen molar-refractivity contribution in [1.29, 1.82) is 0 Å². The molecule has 0 bridgehead atoms. The summed E-state index contributed by atoms with van der Waals surface area (Å²) in [5.41, 5.74) is 3.52. The third kappa shape index (κ3) is 1.61. The van der Waals surface area contributed by atoms with Crippen LogP contribution in [0.15, 0.2) is 29.6 Å². The topological polar surface area (TPSA) is 68.0 Å². The quantitative estimate of drug-likeness (QED) is 0.734. The molecule has 3 aromatic heterocycles. The standard InChI is InChI=1S/C9H8N6S/c1-2-15-5-13-14-9(15)8(10-1)11-3-7-4-16-6-12-7/h1-2,4-6H,3H2,(H,10,11). The molecule has 0 saturated carbocycles. The second-order valence-electron chi connectivity index (χ2n) is 3.17. The molecule has 0 spiro atoms. The third-order valence-electron chi connectivity index (χ3n) is 2.14. The Kier molecular flexibility index (Phi) is 2.22. The molecular weight excluding hydrogens is 224 g/mol. The molecule has 0 saturated heterocycles. The van der Waals surface area contributed by atoms with Crippen LogP contribution in [0, 0.1) is 0 Å². The van der Waals surface area contributed by atoms with Crippen molar-refractivity contribution in [2.75, 3.05) is 5.32 Å². The molecule has 0 atom stereocenters. The van der Waals surface area contributed by atoms with Crippen molar-refractivity contribution >= 4 is 22.8 Å². The van der Waals surface area contributed by atoms with Crippen molar-refractivity contribution in [3.8, 4) is 0 Å². The molecule has 0 unspecified atom stereocenters. The van der Waals surface area contributed by atoms with Gasteiger partial charge in [0.1, 0.15) is 6.33 Å². The van der Waals surface area contributed by atoms with E-state index in [1.165, 1.54) is 0 Å². The first kappa shape index (κ1) is 9.22. The van der Waals surface area contributed by atoms with Crippen LogP contribution >= 0.6 is 11.3 Å². The highest BCUT2D eigenvalue weighted by Crippen LogP contribution is 2.11. The first-order valence-corrected chi connectivity index (χ1v) is 5.63. The number of hydrogen-bond acceptors (Lipinski definition) is 6. The summed E-state index contributed by atoms with van der Waals surface area (Å²) in [5, 5.41) is 13.0. The van der Waals surface area contributed by atoms with E-state index in [4.69, 9.17) is 0 Å². The molecule has 6 nitrogen and oxygen atoms in total. The Balaban J connectivity index is 1.86. The molecule has 3 aromatic rings. The zero-order chi connectivity index (χ0) is 10.8. The van der Waals surface area contributed by atoms with Crippen LogP contribution < -0.4 is 5.32 Å². The van der Waals surface area contributed by atoms with E-state index >= 15 is 0 Å². The zero-order valence-electron chi connectivity index (χ0n) is 8.24. The molecule has 80 valence electrons. The van der Waals surface area contributed by atoms with Gasteiger partial charge in [-0.25, -0.2) is 9.97 Å². The fraction of sp³-hybridized carbons (Fsp3) is 0.111. The van der Waals surface area contributed by atoms with Crippen LogP contribution in [0.25, 0.3) is 5.65 Å². The second kappa shape index (κ2) is 3.86. The maximum Gasteiger partial charge on any atom is 0.203 e. The van der Waals surface area contributed by atoms with Gasteiger partial charge in [-0.1, -0.05) is 0 Å². The average molecular weight is 232 g/mol. The van der Waals surface area contributed by atoms with Gasteiger partial charge in [-0.3, -0.25) is 4.40 Å². The highest BCUT2D eigenvalue weighted by molar-refractivity contribution is 7.07. The summed E-state index contributed by atoms with van der Waals surface area (Å²) in [4.78, 5) is 8.40. The van der Waals surface area contributed by atoms with Crippen LogP contribution in [-0.4, -0.2) is 24.6 Å². The average Bonchev–Trinajstić information content (AvgIpc) is 2.97. The first-order chi connectivity index (χ1) is 7.93. The van der Waals surface area contributed by atoms with Gasteiger partial charge in [0.2, 0.25) is 5.65 Å². The molecule has 0 amide bonds. The van der Waals surface area contributed by atoms with Gasteiger partial charge in [-0.05, 0) is 0 Å². The molecule has 3 rings (SSSR count). The monoisotopic (exact) mass is 232 g/mol. The van der Waals surface area contributed by atoms with E-state index in [0.717, 1.165) is 11.3 Å². The Morgan fingerprint density at radius 3 is 3.25 bits per heavy atom. The SMILES string of the molecule is c1cn2cnnc2c(NCc2cscn2)n1. The molecular formula is C9H8N6S. The van der Waals surface area contributed by atoms with Crippen molar-refractivity contribution in [2.24, 2.45) is 0 Å². The predicted molar refractivity (Wildman–Crippen MR) is 60.2 cm³/mol. The lowest BCUT2D eigenvalue weighted by Crippen LogP contribution is -2.03. The van der Waals surface area contributed by atoms with E-state index in [9.17, 15) is 0 Å². The van der Waals surface area contributed by atoms with Crippen LogP contribution in [0.3, 0.4) is 0 Å². The Hall–Kier alpha value is -2.02. The van der Waals surface area contributed by atoms with Crippen LogP contribution in [0.1, 0.15) is 5.69 Å². The Bertz CT molecular complexity index is 587. The van der Waals surface area contributed by atoms with E-state index in [0.29, 0.717) is 12.4 Å². The zero-order valence-corrected chi connectivity index (χ0v) is 9.05. The third-order valence-corrected chi connectivity index (χ3v) is 2.77. The Morgan fingerprint density at radius 2 is 2.38 bits per heavy atom. The summed E-state index contributed by atoms with van der Waals surface area (Å²) >= 11 is 1.58. The van der Waals surface area contributed by atoms with Gasteiger partial charge in [0, 0.05) is 17.8 Å². The number of fused-ring (bicyclic) bond motifs is 1. The number of nitrogens with one attached hydrogen (secondary N) is 1.